The van der Waals surface area contributed by atoms with Crippen LogP contribution < -0.4 is 19.7 Å². The number of benzene rings is 1. The van der Waals surface area contributed by atoms with Gasteiger partial charge in [-0.05, 0) is 24.7 Å². The number of halogens is 1. The van der Waals surface area contributed by atoms with E-state index in [-0.39, 0.29) is 18.5 Å². The van der Waals surface area contributed by atoms with Gasteiger partial charge in [0, 0.05) is 38.8 Å². The number of hydrogen-bond donors (Lipinski definition) is 1. The number of thioether (sulfide) groups is 1. The highest BCUT2D eigenvalue weighted by atomic mass is 35.5. The molecule has 1 aromatic carbocycles. The highest BCUT2D eigenvalue weighted by Gasteiger charge is 2.18. The number of amides is 1. The van der Waals surface area contributed by atoms with Crippen LogP contribution in [0.2, 0.25) is 5.15 Å². The lowest BCUT2D eigenvalue weighted by Crippen LogP contribution is -2.44. The van der Waals surface area contributed by atoms with Crippen LogP contribution in [-0.4, -0.2) is 66.5 Å². The molecule has 0 spiro atoms. The van der Waals surface area contributed by atoms with E-state index in [0.717, 1.165) is 43.3 Å². The molecule has 0 atom stereocenters. The number of hydrogen-bond acceptors (Lipinski definition) is 8. The van der Waals surface area contributed by atoms with E-state index in [4.69, 9.17) is 21.1 Å². The lowest BCUT2D eigenvalue weighted by Gasteiger charge is -2.33. The standard InChI is InChI=1S/C19H22ClN5O3S/c1-24-4-6-25(7-5-24)17-9-16(20)22-19(23-17)29-11-18(26)21-10-13-2-3-14-15(8-13)28-12-27-14/h2-3,8-9H,4-7,10-12H2,1H3,(H,21,26). The molecule has 2 aliphatic heterocycles. The van der Waals surface area contributed by atoms with Crippen LogP contribution in [-0.2, 0) is 11.3 Å². The topological polar surface area (TPSA) is 79.8 Å². The van der Waals surface area contributed by atoms with Crippen LogP contribution >= 0.6 is 23.4 Å². The second kappa shape index (κ2) is 9.06. The average Bonchev–Trinajstić information content (AvgIpc) is 3.19. The number of aromatic nitrogens is 2. The Morgan fingerprint density at radius 1 is 1.17 bits per heavy atom. The van der Waals surface area contributed by atoms with Gasteiger partial charge in [0.05, 0.1) is 5.75 Å². The van der Waals surface area contributed by atoms with Crippen LogP contribution in [0.4, 0.5) is 5.82 Å². The summed E-state index contributed by atoms with van der Waals surface area (Å²) < 4.78 is 10.6. The minimum Gasteiger partial charge on any atom is -0.454 e. The van der Waals surface area contributed by atoms with Crippen LogP contribution in [0.25, 0.3) is 0 Å². The van der Waals surface area contributed by atoms with Gasteiger partial charge in [0.25, 0.3) is 0 Å². The van der Waals surface area contributed by atoms with Crippen LogP contribution in [0.5, 0.6) is 11.5 Å². The predicted molar refractivity (Wildman–Crippen MR) is 112 cm³/mol. The van der Waals surface area contributed by atoms with Crippen LogP contribution in [0.3, 0.4) is 0 Å². The van der Waals surface area contributed by atoms with Crippen molar-refractivity contribution in [2.24, 2.45) is 0 Å². The molecule has 1 amide bonds. The summed E-state index contributed by atoms with van der Waals surface area (Å²) in [6, 6.07) is 7.40. The molecule has 1 saturated heterocycles. The maximum absolute atomic E-state index is 12.2. The van der Waals surface area contributed by atoms with Crippen LogP contribution in [0.15, 0.2) is 29.4 Å². The highest BCUT2D eigenvalue weighted by Crippen LogP contribution is 2.32. The fourth-order valence-corrected chi connectivity index (χ4v) is 3.99. The summed E-state index contributed by atoms with van der Waals surface area (Å²) in [4.78, 5) is 25.5. The Bertz CT molecular complexity index is 892. The van der Waals surface area contributed by atoms with Crippen LogP contribution in [0, 0.1) is 0 Å². The molecule has 8 nitrogen and oxygen atoms in total. The van der Waals surface area contributed by atoms with Crippen molar-refractivity contribution in [3.63, 3.8) is 0 Å². The zero-order valence-corrected chi connectivity index (χ0v) is 17.6. The zero-order valence-electron chi connectivity index (χ0n) is 16.1. The van der Waals surface area contributed by atoms with Gasteiger partial charge in [-0.25, -0.2) is 9.97 Å². The van der Waals surface area contributed by atoms with Crippen molar-refractivity contribution in [3.05, 3.63) is 35.0 Å². The number of anilines is 1. The average molecular weight is 436 g/mol. The summed E-state index contributed by atoms with van der Waals surface area (Å²) in [6.45, 7) is 4.39. The number of ether oxygens (including phenoxy) is 2. The van der Waals surface area contributed by atoms with Gasteiger partial charge in [-0.1, -0.05) is 29.4 Å². The molecule has 0 unspecified atom stereocenters. The molecule has 2 aromatic rings. The fourth-order valence-electron chi connectivity index (χ4n) is 3.08. The normalized spacial score (nSPS) is 16.1. The van der Waals surface area contributed by atoms with Crippen molar-refractivity contribution in [1.29, 1.82) is 0 Å². The number of carbonyl (C=O) groups excluding carboxylic acids is 1. The summed E-state index contributed by atoms with van der Waals surface area (Å²) in [7, 11) is 2.10. The molecule has 3 heterocycles. The Balaban J connectivity index is 1.29. The monoisotopic (exact) mass is 435 g/mol. The first kappa shape index (κ1) is 20.1. The molecule has 154 valence electrons. The van der Waals surface area contributed by atoms with Crippen molar-refractivity contribution in [3.8, 4) is 11.5 Å². The summed E-state index contributed by atoms with van der Waals surface area (Å²) >= 11 is 7.45. The molecule has 29 heavy (non-hydrogen) atoms. The van der Waals surface area contributed by atoms with Gasteiger partial charge >= 0.3 is 0 Å². The van der Waals surface area contributed by atoms with Gasteiger partial charge < -0.3 is 24.6 Å². The maximum atomic E-state index is 12.2. The molecule has 4 rings (SSSR count). The number of carbonyl (C=O) groups is 1. The molecule has 1 fully saturated rings. The van der Waals surface area contributed by atoms with Gasteiger partial charge in [0.15, 0.2) is 16.7 Å². The molecule has 0 aliphatic carbocycles. The largest absolute Gasteiger partial charge is 0.454 e. The van der Waals surface area contributed by atoms with Crippen LogP contribution in [0.1, 0.15) is 5.56 Å². The maximum Gasteiger partial charge on any atom is 0.231 e. The first-order valence-corrected chi connectivity index (χ1v) is 10.7. The van der Waals surface area contributed by atoms with E-state index in [0.29, 0.717) is 22.6 Å². The Morgan fingerprint density at radius 3 is 2.79 bits per heavy atom. The second-order valence-corrected chi connectivity index (χ2v) is 8.20. The first-order valence-electron chi connectivity index (χ1n) is 9.33. The zero-order chi connectivity index (χ0) is 20.2. The molecule has 10 heteroatoms. The van der Waals surface area contributed by atoms with Gasteiger partial charge in [0.1, 0.15) is 11.0 Å². The minimum atomic E-state index is -0.0996. The highest BCUT2D eigenvalue weighted by molar-refractivity contribution is 7.99. The SMILES string of the molecule is CN1CCN(c2cc(Cl)nc(SCC(=O)NCc3ccc4c(c3)OCO4)n2)CC1. The molecule has 1 N–H and O–H groups in total. The van der Waals surface area contributed by atoms with Crippen molar-refractivity contribution in [1.82, 2.24) is 20.2 Å². The quantitative estimate of drug-likeness (QED) is 0.419. The summed E-state index contributed by atoms with van der Waals surface area (Å²) in [5.41, 5.74) is 0.948. The number of nitrogens with zero attached hydrogens (tertiary/aromatic N) is 4. The van der Waals surface area contributed by atoms with Crippen molar-refractivity contribution in [2.75, 3.05) is 50.7 Å². The lowest BCUT2D eigenvalue weighted by molar-refractivity contribution is -0.118. The van der Waals surface area contributed by atoms with Crippen molar-refractivity contribution in [2.45, 2.75) is 11.7 Å². The Morgan fingerprint density at radius 2 is 1.97 bits per heavy atom. The number of likely N-dealkylation sites (N-methyl/N-ethyl adjacent to an activating group) is 1. The third-order valence-corrected chi connectivity index (χ3v) is 5.79. The van der Waals surface area contributed by atoms with Crippen molar-refractivity contribution < 1.29 is 14.3 Å². The summed E-state index contributed by atoms with van der Waals surface area (Å²) in [5.74, 6) is 2.35. The summed E-state index contributed by atoms with van der Waals surface area (Å²) in [5, 5.41) is 3.79. The van der Waals surface area contributed by atoms with E-state index < -0.39 is 0 Å². The fraction of sp³-hybridized carbons (Fsp3) is 0.421. The van der Waals surface area contributed by atoms with E-state index >= 15 is 0 Å². The lowest BCUT2D eigenvalue weighted by atomic mass is 10.2. The molecule has 1 aromatic heterocycles. The smallest absolute Gasteiger partial charge is 0.231 e. The van der Waals surface area contributed by atoms with Gasteiger partial charge in [-0.15, -0.1) is 0 Å². The van der Waals surface area contributed by atoms with E-state index in [1.54, 1.807) is 6.07 Å². The molecule has 2 aliphatic rings. The second-order valence-electron chi connectivity index (χ2n) is 6.87. The Hall–Kier alpha value is -2.23. The van der Waals surface area contributed by atoms with E-state index in [1.165, 1.54) is 11.8 Å². The van der Waals surface area contributed by atoms with E-state index in [2.05, 4.69) is 32.1 Å². The van der Waals surface area contributed by atoms with Gasteiger partial charge in [0.2, 0.25) is 12.7 Å². The molecule has 0 radical (unpaired) electrons. The number of rotatable bonds is 6. The molecular formula is C19H22ClN5O3S. The number of fused-ring (bicyclic) bond motifs is 1. The van der Waals surface area contributed by atoms with E-state index in [1.807, 2.05) is 18.2 Å². The van der Waals surface area contributed by atoms with Crippen molar-refractivity contribution >= 4 is 35.1 Å². The molecule has 0 bridgehead atoms. The Kier molecular flexibility index (Phi) is 6.27. The molecule has 0 saturated carbocycles. The number of nitrogens with one attached hydrogen (secondary N) is 1. The summed E-state index contributed by atoms with van der Waals surface area (Å²) in [6.07, 6.45) is 0. The van der Waals surface area contributed by atoms with Gasteiger partial charge in [-0.2, -0.15) is 0 Å². The number of piperazine rings is 1. The van der Waals surface area contributed by atoms with Gasteiger partial charge in [-0.3, -0.25) is 4.79 Å². The third-order valence-electron chi connectivity index (χ3n) is 4.75. The Labute approximate surface area is 178 Å². The minimum absolute atomic E-state index is 0.0996. The molecular weight excluding hydrogens is 414 g/mol. The predicted octanol–water partition coefficient (Wildman–Crippen LogP) is 2.02. The first-order chi connectivity index (χ1) is 14.1. The third kappa shape index (κ3) is 5.23. The van der Waals surface area contributed by atoms with E-state index in [9.17, 15) is 4.79 Å².